The minimum atomic E-state index is 0.817. The summed E-state index contributed by atoms with van der Waals surface area (Å²) in [5.74, 6) is 0.944. The van der Waals surface area contributed by atoms with Crippen LogP contribution >= 0.6 is 0 Å². The Morgan fingerprint density at radius 3 is 2.39 bits per heavy atom. The number of likely N-dealkylation sites (N-methyl/N-ethyl adjacent to an activating group) is 1. The van der Waals surface area contributed by atoms with Gasteiger partial charge in [0, 0.05) is 12.6 Å². The number of hydrogen-bond donors (Lipinski definition) is 0. The van der Waals surface area contributed by atoms with Crippen molar-refractivity contribution in [1.29, 1.82) is 0 Å². The van der Waals surface area contributed by atoms with Crippen molar-refractivity contribution >= 4 is 0 Å². The smallest absolute Gasteiger partial charge is 0.118 e. The Morgan fingerprint density at radius 1 is 1.11 bits per heavy atom. The normalized spacial score (nSPS) is 17.1. The molecule has 100 valence electrons. The largest absolute Gasteiger partial charge is 0.497 e. The Bertz CT molecular complexity index is 341. The molecule has 2 nitrogen and oxygen atoms in total. The minimum Gasteiger partial charge on any atom is -0.497 e. The maximum absolute atomic E-state index is 5.18. The van der Waals surface area contributed by atoms with Gasteiger partial charge in [0.2, 0.25) is 0 Å². The molecule has 1 aliphatic rings. The van der Waals surface area contributed by atoms with Gasteiger partial charge in [0.1, 0.15) is 5.75 Å². The van der Waals surface area contributed by atoms with E-state index in [9.17, 15) is 0 Å². The van der Waals surface area contributed by atoms with Crippen molar-refractivity contribution in [3.63, 3.8) is 0 Å². The van der Waals surface area contributed by atoms with Gasteiger partial charge in [0.25, 0.3) is 0 Å². The van der Waals surface area contributed by atoms with Crippen LogP contribution in [0.5, 0.6) is 5.75 Å². The van der Waals surface area contributed by atoms with Gasteiger partial charge in [-0.3, -0.25) is 0 Å². The van der Waals surface area contributed by atoms with Crippen molar-refractivity contribution < 1.29 is 4.74 Å². The van der Waals surface area contributed by atoms with Gasteiger partial charge in [-0.2, -0.15) is 0 Å². The Morgan fingerprint density at radius 2 is 1.78 bits per heavy atom. The highest BCUT2D eigenvalue weighted by molar-refractivity contribution is 5.27. The van der Waals surface area contributed by atoms with Crippen molar-refractivity contribution in [1.82, 2.24) is 4.90 Å². The molecule has 0 atom stereocenters. The Balaban J connectivity index is 1.78. The van der Waals surface area contributed by atoms with Crippen LogP contribution in [-0.4, -0.2) is 31.6 Å². The molecule has 0 aliphatic heterocycles. The fourth-order valence-electron chi connectivity index (χ4n) is 2.80. The van der Waals surface area contributed by atoms with Gasteiger partial charge in [-0.05, 0) is 44.0 Å². The maximum atomic E-state index is 5.18. The lowest BCUT2D eigenvalue weighted by Crippen LogP contribution is -2.34. The molecule has 0 radical (unpaired) electrons. The molecule has 1 fully saturated rings. The monoisotopic (exact) mass is 247 g/mol. The van der Waals surface area contributed by atoms with E-state index in [-0.39, 0.29) is 0 Å². The van der Waals surface area contributed by atoms with Crippen molar-refractivity contribution in [3.8, 4) is 5.75 Å². The van der Waals surface area contributed by atoms with E-state index in [4.69, 9.17) is 4.74 Å². The van der Waals surface area contributed by atoms with Crippen LogP contribution in [0.15, 0.2) is 24.3 Å². The van der Waals surface area contributed by atoms with Crippen LogP contribution in [0, 0.1) is 0 Å². The van der Waals surface area contributed by atoms with E-state index in [2.05, 4.69) is 36.2 Å². The van der Waals surface area contributed by atoms with Gasteiger partial charge in [0.05, 0.1) is 7.11 Å². The molecule has 0 N–H and O–H groups in total. The summed E-state index contributed by atoms with van der Waals surface area (Å²) in [4.78, 5) is 2.55. The molecule has 2 heteroatoms. The summed E-state index contributed by atoms with van der Waals surface area (Å²) < 4.78 is 5.18. The predicted molar refractivity (Wildman–Crippen MR) is 76.2 cm³/mol. The summed E-state index contributed by atoms with van der Waals surface area (Å²) in [6, 6.07) is 9.27. The number of hydrogen-bond acceptors (Lipinski definition) is 2. The molecule has 0 amide bonds. The molecule has 0 spiro atoms. The van der Waals surface area contributed by atoms with Crippen LogP contribution < -0.4 is 4.74 Å². The van der Waals surface area contributed by atoms with Crippen molar-refractivity contribution in [2.75, 3.05) is 20.7 Å². The lowest BCUT2D eigenvalue weighted by atomic mass is 9.94. The van der Waals surface area contributed by atoms with Gasteiger partial charge in [-0.15, -0.1) is 0 Å². The Hall–Kier alpha value is -1.02. The number of benzene rings is 1. The van der Waals surface area contributed by atoms with Gasteiger partial charge in [-0.1, -0.05) is 31.4 Å². The lowest BCUT2D eigenvalue weighted by Gasteiger charge is -2.31. The first-order valence-corrected chi connectivity index (χ1v) is 7.13. The van der Waals surface area contributed by atoms with Crippen LogP contribution in [-0.2, 0) is 6.42 Å². The number of ether oxygens (including phenoxy) is 1. The molecule has 1 aliphatic carbocycles. The number of methoxy groups -OCH3 is 1. The Labute approximate surface area is 111 Å². The molecule has 1 aromatic rings. The zero-order valence-electron chi connectivity index (χ0n) is 11.7. The van der Waals surface area contributed by atoms with E-state index in [1.54, 1.807) is 7.11 Å². The highest BCUT2D eigenvalue weighted by Gasteiger charge is 2.17. The van der Waals surface area contributed by atoms with Crippen LogP contribution in [0.4, 0.5) is 0 Å². The predicted octanol–water partition coefficient (Wildman–Crippen LogP) is 3.50. The molecule has 1 saturated carbocycles. The fraction of sp³-hybridized carbons (Fsp3) is 0.625. The molecule has 0 aromatic heterocycles. The quantitative estimate of drug-likeness (QED) is 0.789. The third-order valence-electron chi connectivity index (χ3n) is 4.11. The molecule has 1 aromatic carbocycles. The highest BCUT2D eigenvalue weighted by atomic mass is 16.5. The van der Waals surface area contributed by atoms with E-state index < -0.39 is 0 Å². The fourth-order valence-corrected chi connectivity index (χ4v) is 2.80. The first-order valence-electron chi connectivity index (χ1n) is 7.13. The summed E-state index contributed by atoms with van der Waals surface area (Å²) in [5, 5.41) is 0. The lowest BCUT2D eigenvalue weighted by molar-refractivity contribution is 0.194. The second-order valence-electron chi connectivity index (χ2n) is 5.37. The first-order chi connectivity index (χ1) is 8.79. The zero-order chi connectivity index (χ0) is 12.8. The molecule has 0 heterocycles. The van der Waals surface area contributed by atoms with Crippen LogP contribution in [0.1, 0.15) is 37.7 Å². The van der Waals surface area contributed by atoms with Crippen LogP contribution in [0.3, 0.4) is 0 Å². The van der Waals surface area contributed by atoms with Crippen molar-refractivity contribution in [3.05, 3.63) is 29.8 Å². The van der Waals surface area contributed by atoms with Gasteiger partial charge >= 0.3 is 0 Å². The van der Waals surface area contributed by atoms with E-state index in [1.807, 2.05) is 0 Å². The molecule has 0 saturated heterocycles. The average Bonchev–Trinajstić information content (AvgIpc) is 2.46. The summed E-state index contributed by atoms with van der Waals surface area (Å²) in [7, 11) is 3.99. The van der Waals surface area contributed by atoms with Crippen LogP contribution in [0.25, 0.3) is 0 Å². The molecular formula is C16H25NO. The zero-order valence-corrected chi connectivity index (χ0v) is 11.7. The van der Waals surface area contributed by atoms with E-state index in [1.165, 1.54) is 37.7 Å². The summed E-state index contributed by atoms with van der Waals surface area (Å²) in [6.45, 7) is 1.16. The van der Waals surface area contributed by atoms with E-state index in [0.717, 1.165) is 24.8 Å². The molecule has 0 bridgehead atoms. The van der Waals surface area contributed by atoms with Gasteiger partial charge in [-0.25, -0.2) is 0 Å². The summed E-state index contributed by atoms with van der Waals surface area (Å²) >= 11 is 0. The van der Waals surface area contributed by atoms with Gasteiger partial charge < -0.3 is 9.64 Å². The highest BCUT2D eigenvalue weighted by Crippen LogP contribution is 2.21. The molecule has 0 unspecified atom stereocenters. The number of nitrogens with zero attached hydrogens (tertiary/aromatic N) is 1. The molecule has 2 rings (SSSR count). The van der Waals surface area contributed by atoms with E-state index in [0.29, 0.717) is 0 Å². The second-order valence-corrected chi connectivity index (χ2v) is 5.37. The van der Waals surface area contributed by atoms with Gasteiger partial charge in [0.15, 0.2) is 0 Å². The average molecular weight is 247 g/mol. The van der Waals surface area contributed by atoms with Crippen LogP contribution in [0.2, 0.25) is 0 Å². The third kappa shape index (κ3) is 3.74. The topological polar surface area (TPSA) is 12.5 Å². The minimum absolute atomic E-state index is 0.817. The second kappa shape index (κ2) is 6.79. The molecule has 18 heavy (non-hydrogen) atoms. The van der Waals surface area contributed by atoms with Crippen molar-refractivity contribution in [2.45, 2.75) is 44.6 Å². The van der Waals surface area contributed by atoms with Crippen molar-refractivity contribution in [2.24, 2.45) is 0 Å². The Kier molecular flexibility index (Phi) is 5.06. The summed E-state index contributed by atoms with van der Waals surface area (Å²) in [6.07, 6.45) is 8.17. The summed E-state index contributed by atoms with van der Waals surface area (Å²) in [5.41, 5.74) is 1.40. The SMILES string of the molecule is COc1ccc(CCN(C)C2CCCCC2)cc1. The third-order valence-corrected chi connectivity index (χ3v) is 4.11. The first kappa shape index (κ1) is 13.4. The number of rotatable bonds is 5. The van der Waals surface area contributed by atoms with E-state index >= 15 is 0 Å². The standard InChI is InChI=1S/C16H25NO/c1-17(15-6-4-3-5-7-15)13-12-14-8-10-16(18-2)11-9-14/h8-11,15H,3-7,12-13H2,1-2H3. The maximum Gasteiger partial charge on any atom is 0.118 e. The molecular weight excluding hydrogens is 222 g/mol.